The van der Waals surface area contributed by atoms with Gasteiger partial charge in [0.1, 0.15) is 17.5 Å². The SMILES string of the molecule is CC/C=C(\CP)C1CCN(Cc2cccc(-c3cc4c(NC(C)c5cccc(C(F)F)c5F)nc(C)nc4cn3)c2)CC1. The van der Waals surface area contributed by atoms with Gasteiger partial charge in [-0.2, -0.15) is 0 Å². The van der Waals surface area contributed by atoms with Crippen LogP contribution in [0.1, 0.15) is 68.1 Å². The number of hydrogen-bond acceptors (Lipinski definition) is 5. The molecule has 0 aliphatic carbocycles. The minimum absolute atomic E-state index is 0.152. The Morgan fingerprint density at radius 2 is 1.84 bits per heavy atom. The van der Waals surface area contributed by atoms with E-state index in [0.29, 0.717) is 23.1 Å². The van der Waals surface area contributed by atoms with Crippen molar-refractivity contribution in [3.8, 4) is 11.3 Å². The lowest BCUT2D eigenvalue weighted by molar-refractivity contribution is 0.146. The third-order valence-corrected chi connectivity index (χ3v) is 8.72. The monoisotopic (exact) mass is 605 g/mol. The molecule has 2 aromatic carbocycles. The normalized spacial score (nSPS) is 15.8. The molecule has 1 N–H and O–H groups in total. The van der Waals surface area contributed by atoms with Crippen LogP contribution in [0.25, 0.3) is 22.2 Å². The average molecular weight is 606 g/mol. The van der Waals surface area contributed by atoms with Crippen molar-refractivity contribution in [2.75, 3.05) is 24.6 Å². The van der Waals surface area contributed by atoms with Gasteiger partial charge in [0.25, 0.3) is 6.43 Å². The average Bonchev–Trinajstić information content (AvgIpc) is 3.00. The molecule has 9 heteroatoms. The Labute approximate surface area is 254 Å². The summed E-state index contributed by atoms with van der Waals surface area (Å²) in [4.78, 5) is 16.4. The zero-order chi connectivity index (χ0) is 30.5. The number of piperidine rings is 1. The predicted molar refractivity (Wildman–Crippen MR) is 172 cm³/mol. The standard InChI is InChI=1S/C34H39F3N5P/c1-4-7-26(20-43)24-12-14-42(15-13-24)19-23-8-5-9-25(16-23)30-17-29-31(18-38-30)40-22(3)41-34(29)39-21(2)27-10-6-11-28(32(27)35)33(36)37/h5-11,16-18,21,24,33H,4,12-15,19-20,43H2,1-3H3,(H,39,40,41)/b26-7+. The molecular weight excluding hydrogens is 566 g/mol. The van der Waals surface area contributed by atoms with E-state index in [4.69, 9.17) is 4.98 Å². The van der Waals surface area contributed by atoms with E-state index in [9.17, 15) is 13.2 Å². The molecule has 2 atom stereocenters. The van der Waals surface area contributed by atoms with Crippen LogP contribution in [-0.4, -0.2) is 39.1 Å². The van der Waals surface area contributed by atoms with Gasteiger partial charge in [-0.1, -0.05) is 55.0 Å². The molecule has 1 saturated heterocycles. The molecule has 0 spiro atoms. The van der Waals surface area contributed by atoms with Crippen LogP contribution in [0.3, 0.4) is 0 Å². The van der Waals surface area contributed by atoms with Crippen LogP contribution < -0.4 is 5.32 Å². The molecule has 2 aromatic heterocycles. The van der Waals surface area contributed by atoms with Gasteiger partial charge >= 0.3 is 0 Å². The summed E-state index contributed by atoms with van der Waals surface area (Å²) in [5.41, 5.74) is 4.76. The maximum Gasteiger partial charge on any atom is 0.266 e. The Hall–Kier alpha value is -3.35. The highest BCUT2D eigenvalue weighted by atomic mass is 31.0. The number of nitrogens with zero attached hydrogens (tertiary/aromatic N) is 4. The molecule has 3 heterocycles. The number of nitrogens with one attached hydrogen (secondary N) is 1. The lowest BCUT2D eigenvalue weighted by Crippen LogP contribution is -2.34. The first kappa shape index (κ1) is 31.1. The Morgan fingerprint density at radius 1 is 1.09 bits per heavy atom. The lowest BCUT2D eigenvalue weighted by atomic mass is 9.89. The fourth-order valence-corrected chi connectivity index (χ4v) is 6.50. The van der Waals surface area contributed by atoms with Gasteiger partial charge in [0.2, 0.25) is 0 Å². The fourth-order valence-electron chi connectivity index (χ4n) is 6.00. The molecule has 0 bridgehead atoms. The summed E-state index contributed by atoms with van der Waals surface area (Å²) >= 11 is 0. The Bertz CT molecular complexity index is 1600. The van der Waals surface area contributed by atoms with Crippen LogP contribution in [0, 0.1) is 18.7 Å². The first-order valence-corrected chi connectivity index (χ1v) is 15.8. The van der Waals surface area contributed by atoms with Crippen molar-refractivity contribution in [3.63, 3.8) is 0 Å². The van der Waals surface area contributed by atoms with Crippen molar-refractivity contribution in [1.82, 2.24) is 19.9 Å². The first-order valence-electron chi connectivity index (χ1n) is 14.9. The van der Waals surface area contributed by atoms with Crippen LogP contribution in [0.15, 0.2) is 66.4 Å². The van der Waals surface area contributed by atoms with Gasteiger partial charge in [-0.05, 0) is 76.0 Å². The summed E-state index contributed by atoms with van der Waals surface area (Å²) in [5, 5.41) is 3.97. The van der Waals surface area contributed by atoms with Crippen LogP contribution >= 0.6 is 9.24 Å². The molecule has 43 heavy (non-hydrogen) atoms. The Kier molecular flexibility index (Phi) is 10.1. The van der Waals surface area contributed by atoms with Crippen LogP contribution in [0.4, 0.5) is 19.0 Å². The maximum atomic E-state index is 14.9. The number of aromatic nitrogens is 3. The summed E-state index contributed by atoms with van der Waals surface area (Å²) in [7, 11) is 2.89. The minimum Gasteiger partial charge on any atom is -0.363 e. The summed E-state index contributed by atoms with van der Waals surface area (Å²) in [6.45, 7) is 8.76. The highest BCUT2D eigenvalue weighted by Crippen LogP contribution is 2.32. The summed E-state index contributed by atoms with van der Waals surface area (Å²) in [6, 6.07) is 13.8. The molecule has 4 aromatic rings. The number of pyridine rings is 1. The van der Waals surface area contributed by atoms with Crippen molar-refractivity contribution in [2.24, 2.45) is 5.92 Å². The number of rotatable bonds is 10. The summed E-state index contributed by atoms with van der Waals surface area (Å²) < 4.78 is 41.5. The third-order valence-electron chi connectivity index (χ3n) is 8.25. The number of anilines is 1. The topological polar surface area (TPSA) is 53.9 Å². The smallest absolute Gasteiger partial charge is 0.266 e. The molecule has 0 radical (unpaired) electrons. The van der Waals surface area contributed by atoms with Crippen molar-refractivity contribution in [3.05, 3.63) is 94.7 Å². The van der Waals surface area contributed by atoms with Crippen molar-refractivity contribution in [1.29, 1.82) is 0 Å². The molecule has 1 aliphatic heterocycles. The number of hydrogen-bond donors (Lipinski definition) is 1. The second-order valence-corrected chi connectivity index (χ2v) is 11.7. The van der Waals surface area contributed by atoms with Gasteiger partial charge in [0.15, 0.2) is 0 Å². The summed E-state index contributed by atoms with van der Waals surface area (Å²) in [6.07, 6.45) is 5.76. The molecule has 0 amide bonds. The van der Waals surface area contributed by atoms with Gasteiger partial charge in [-0.15, -0.1) is 9.24 Å². The van der Waals surface area contributed by atoms with Crippen molar-refractivity contribution in [2.45, 2.75) is 59.0 Å². The van der Waals surface area contributed by atoms with Crippen LogP contribution in [0.5, 0.6) is 0 Å². The number of halogens is 3. The number of alkyl halides is 2. The number of likely N-dealkylation sites (tertiary alicyclic amines) is 1. The van der Waals surface area contributed by atoms with Crippen molar-refractivity contribution >= 4 is 26.0 Å². The van der Waals surface area contributed by atoms with Gasteiger partial charge < -0.3 is 5.32 Å². The quantitative estimate of drug-likeness (QED) is 0.145. The maximum absolute atomic E-state index is 14.9. The number of allylic oxidation sites excluding steroid dienone is 2. The highest BCUT2D eigenvalue weighted by Gasteiger charge is 2.22. The second kappa shape index (κ2) is 14.0. The second-order valence-electron chi connectivity index (χ2n) is 11.3. The van der Waals surface area contributed by atoms with E-state index < -0.39 is 23.8 Å². The number of fused-ring (bicyclic) bond motifs is 1. The molecule has 5 nitrogen and oxygen atoms in total. The summed E-state index contributed by atoms with van der Waals surface area (Å²) in [5.74, 6) is 0.807. The van der Waals surface area contributed by atoms with E-state index in [-0.39, 0.29) is 5.56 Å². The van der Waals surface area contributed by atoms with Gasteiger partial charge in [0, 0.05) is 23.1 Å². The van der Waals surface area contributed by atoms with E-state index >= 15 is 0 Å². The van der Waals surface area contributed by atoms with Gasteiger partial charge in [-0.3, -0.25) is 9.88 Å². The number of aryl methyl sites for hydroxylation is 1. The van der Waals surface area contributed by atoms with E-state index in [1.807, 2.05) is 12.1 Å². The van der Waals surface area contributed by atoms with Gasteiger partial charge in [-0.25, -0.2) is 23.1 Å². The molecule has 1 fully saturated rings. The predicted octanol–water partition coefficient (Wildman–Crippen LogP) is 8.67. The molecule has 1 aliphatic rings. The Balaban J connectivity index is 1.36. The minimum atomic E-state index is -2.89. The fraction of sp³-hybridized carbons (Fsp3) is 0.382. The van der Waals surface area contributed by atoms with E-state index in [1.165, 1.54) is 30.5 Å². The largest absolute Gasteiger partial charge is 0.363 e. The third kappa shape index (κ3) is 7.25. The highest BCUT2D eigenvalue weighted by molar-refractivity contribution is 7.16. The molecule has 5 rings (SSSR count). The first-order chi connectivity index (χ1) is 20.8. The zero-order valence-electron chi connectivity index (χ0n) is 25.0. The van der Waals surface area contributed by atoms with Crippen LogP contribution in [-0.2, 0) is 6.54 Å². The number of benzene rings is 2. The van der Waals surface area contributed by atoms with Gasteiger partial charge in [0.05, 0.1) is 29.0 Å². The molecule has 2 unspecified atom stereocenters. The van der Waals surface area contributed by atoms with E-state index in [0.717, 1.165) is 54.9 Å². The van der Waals surface area contributed by atoms with E-state index in [1.54, 1.807) is 25.6 Å². The molecule has 0 saturated carbocycles. The Morgan fingerprint density at radius 3 is 2.56 bits per heavy atom. The van der Waals surface area contributed by atoms with E-state index in [2.05, 4.69) is 60.6 Å². The van der Waals surface area contributed by atoms with Crippen molar-refractivity contribution < 1.29 is 13.2 Å². The van der Waals surface area contributed by atoms with Crippen LogP contribution in [0.2, 0.25) is 0 Å². The molecular formula is C34H39F3N5P. The lowest BCUT2D eigenvalue weighted by Gasteiger charge is -2.33. The molecule has 226 valence electrons. The zero-order valence-corrected chi connectivity index (χ0v) is 26.1.